The van der Waals surface area contributed by atoms with Crippen molar-refractivity contribution in [1.29, 1.82) is 0 Å². The lowest BCUT2D eigenvalue weighted by atomic mass is 10.2. The minimum atomic E-state index is 0.413. The molecule has 1 nitrogen and oxygen atoms in total. The third-order valence-corrected chi connectivity index (χ3v) is 3.14. The van der Waals surface area contributed by atoms with E-state index >= 15 is 0 Å². The zero-order valence-electron chi connectivity index (χ0n) is 8.21. The maximum Gasteiger partial charge on any atom is 0.129 e. The van der Waals surface area contributed by atoms with Gasteiger partial charge in [0.1, 0.15) is 5.75 Å². The molecule has 0 atom stereocenters. The number of aromatic hydroxyl groups is 1. The molecule has 0 saturated heterocycles. The molecule has 0 aliphatic rings. The van der Waals surface area contributed by atoms with Gasteiger partial charge in [0.05, 0.1) is 0 Å². The molecule has 1 aromatic carbocycles. The summed E-state index contributed by atoms with van der Waals surface area (Å²) in [6.07, 6.45) is 2.17. The van der Waals surface area contributed by atoms with E-state index in [0.29, 0.717) is 5.75 Å². The zero-order valence-corrected chi connectivity index (χ0v) is 9.03. The first-order chi connectivity index (χ1) is 6.27. The van der Waals surface area contributed by atoms with Crippen LogP contribution in [0.4, 0.5) is 0 Å². The van der Waals surface area contributed by atoms with E-state index in [1.54, 1.807) is 17.8 Å². The molecule has 0 unspecified atom stereocenters. The van der Waals surface area contributed by atoms with Crippen LogP contribution in [0.2, 0.25) is 0 Å². The van der Waals surface area contributed by atoms with E-state index in [1.165, 1.54) is 5.56 Å². The summed E-state index contributed by atoms with van der Waals surface area (Å²) in [5.41, 5.74) is 1.29. The molecule has 2 heteroatoms. The van der Waals surface area contributed by atoms with Gasteiger partial charge in [-0.3, -0.25) is 0 Å². The van der Waals surface area contributed by atoms with Crippen LogP contribution in [0.3, 0.4) is 0 Å². The van der Waals surface area contributed by atoms with E-state index in [-0.39, 0.29) is 0 Å². The van der Waals surface area contributed by atoms with Crippen molar-refractivity contribution in [2.75, 3.05) is 5.75 Å². The maximum absolute atomic E-state index is 9.54. The molecule has 0 radical (unpaired) electrons. The first-order valence-corrected chi connectivity index (χ1v) is 5.71. The number of benzene rings is 1. The maximum atomic E-state index is 9.54. The Hall–Kier alpha value is -0.630. The highest BCUT2D eigenvalue weighted by Gasteiger charge is 2.01. The van der Waals surface area contributed by atoms with Crippen molar-refractivity contribution in [2.45, 2.75) is 31.6 Å². The molecule has 1 aromatic rings. The third kappa shape index (κ3) is 2.96. The third-order valence-electron chi connectivity index (χ3n) is 1.89. The van der Waals surface area contributed by atoms with Gasteiger partial charge in [-0.1, -0.05) is 19.9 Å². The fourth-order valence-electron chi connectivity index (χ4n) is 1.11. The number of rotatable bonds is 4. The molecule has 0 fully saturated rings. The smallest absolute Gasteiger partial charge is 0.129 e. The van der Waals surface area contributed by atoms with Gasteiger partial charge in [-0.15, -0.1) is 11.8 Å². The second kappa shape index (κ2) is 5.18. The number of phenolic OH excluding ortho intramolecular Hbond substituents is 1. The van der Waals surface area contributed by atoms with Crippen LogP contribution in [0.1, 0.15) is 25.8 Å². The van der Waals surface area contributed by atoms with E-state index in [9.17, 15) is 5.11 Å². The molecular weight excluding hydrogens is 180 g/mol. The van der Waals surface area contributed by atoms with Gasteiger partial charge >= 0.3 is 0 Å². The predicted octanol–water partition coefficient (Wildman–Crippen LogP) is 3.46. The summed E-state index contributed by atoms with van der Waals surface area (Å²) in [6.45, 7) is 4.27. The molecule has 0 spiro atoms. The summed E-state index contributed by atoms with van der Waals surface area (Å²) < 4.78 is 0. The number of phenols is 1. The van der Waals surface area contributed by atoms with Crippen LogP contribution in [-0.2, 0) is 6.42 Å². The Morgan fingerprint density at radius 1 is 1.31 bits per heavy atom. The van der Waals surface area contributed by atoms with Gasteiger partial charge in [-0.25, -0.2) is 0 Å². The molecule has 13 heavy (non-hydrogen) atoms. The highest BCUT2D eigenvalue weighted by molar-refractivity contribution is 7.99. The van der Waals surface area contributed by atoms with Crippen LogP contribution >= 0.6 is 11.8 Å². The van der Waals surface area contributed by atoms with Crippen molar-refractivity contribution in [3.63, 3.8) is 0 Å². The van der Waals surface area contributed by atoms with E-state index in [4.69, 9.17) is 0 Å². The second-order valence-electron chi connectivity index (χ2n) is 3.00. The summed E-state index contributed by atoms with van der Waals surface area (Å²) in [5, 5.41) is 9.54. The van der Waals surface area contributed by atoms with Gasteiger partial charge in [-0.2, -0.15) is 0 Å². The Balaban J connectivity index is 2.78. The Morgan fingerprint density at radius 3 is 2.69 bits per heavy atom. The fraction of sp³-hybridized carbons (Fsp3) is 0.455. The largest absolute Gasteiger partial charge is 0.507 e. The fourth-order valence-corrected chi connectivity index (χ4v) is 1.98. The SMILES string of the molecule is CCCSc1cc(CC)ccc1O. The normalized spacial score (nSPS) is 10.3. The van der Waals surface area contributed by atoms with Crippen LogP contribution in [0, 0.1) is 0 Å². The van der Waals surface area contributed by atoms with Crippen LogP contribution in [0.5, 0.6) is 5.75 Å². The Kier molecular flexibility index (Phi) is 4.16. The molecule has 0 aromatic heterocycles. The average molecular weight is 196 g/mol. The van der Waals surface area contributed by atoms with Crippen molar-refractivity contribution >= 4 is 11.8 Å². The summed E-state index contributed by atoms with van der Waals surface area (Å²) in [7, 11) is 0. The molecule has 0 aliphatic carbocycles. The predicted molar refractivity (Wildman–Crippen MR) is 58.5 cm³/mol. The van der Waals surface area contributed by atoms with Gasteiger partial charge in [-0.05, 0) is 36.3 Å². The highest BCUT2D eigenvalue weighted by atomic mass is 32.2. The summed E-state index contributed by atoms with van der Waals surface area (Å²) in [6, 6.07) is 5.85. The number of hydrogen-bond donors (Lipinski definition) is 1. The first kappa shape index (κ1) is 10.5. The van der Waals surface area contributed by atoms with Gasteiger partial charge in [0.25, 0.3) is 0 Å². The van der Waals surface area contributed by atoms with E-state index in [1.807, 2.05) is 6.07 Å². The van der Waals surface area contributed by atoms with Crippen molar-refractivity contribution in [1.82, 2.24) is 0 Å². The Bertz CT molecular complexity index is 271. The average Bonchev–Trinajstić information content (AvgIpc) is 2.17. The quantitative estimate of drug-likeness (QED) is 0.744. The lowest BCUT2D eigenvalue weighted by molar-refractivity contribution is 0.462. The highest BCUT2D eigenvalue weighted by Crippen LogP contribution is 2.29. The van der Waals surface area contributed by atoms with Gasteiger partial charge in [0.2, 0.25) is 0 Å². The topological polar surface area (TPSA) is 20.2 Å². The first-order valence-electron chi connectivity index (χ1n) is 4.72. The van der Waals surface area contributed by atoms with Crippen LogP contribution in [-0.4, -0.2) is 10.9 Å². The molecule has 72 valence electrons. The minimum absolute atomic E-state index is 0.413. The standard InChI is InChI=1S/C11H16OS/c1-3-7-13-11-8-9(4-2)5-6-10(11)12/h5-6,8,12H,3-4,7H2,1-2H3. The van der Waals surface area contributed by atoms with Gasteiger partial charge in [0, 0.05) is 4.90 Å². The Morgan fingerprint density at radius 2 is 2.08 bits per heavy atom. The molecule has 0 bridgehead atoms. The van der Waals surface area contributed by atoms with Crippen LogP contribution in [0.15, 0.2) is 23.1 Å². The lowest BCUT2D eigenvalue weighted by Crippen LogP contribution is -1.83. The number of aryl methyl sites for hydroxylation is 1. The van der Waals surface area contributed by atoms with E-state index in [0.717, 1.165) is 23.5 Å². The van der Waals surface area contributed by atoms with Gasteiger partial charge < -0.3 is 5.11 Å². The van der Waals surface area contributed by atoms with Crippen molar-refractivity contribution in [3.05, 3.63) is 23.8 Å². The monoisotopic (exact) mass is 196 g/mol. The summed E-state index contributed by atoms with van der Waals surface area (Å²) in [5.74, 6) is 1.48. The Labute approximate surface area is 84.2 Å². The number of thioether (sulfide) groups is 1. The second-order valence-corrected chi connectivity index (χ2v) is 4.14. The van der Waals surface area contributed by atoms with Crippen LogP contribution < -0.4 is 0 Å². The number of hydrogen-bond acceptors (Lipinski definition) is 2. The molecule has 0 heterocycles. The van der Waals surface area contributed by atoms with E-state index in [2.05, 4.69) is 19.9 Å². The minimum Gasteiger partial charge on any atom is -0.507 e. The van der Waals surface area contributed by atoms with Crippen LogP contribution in [0.25, 0.3) is 0 Å². The zero-order chi connectivity index (χ0) is 9.68. The van der Waals surface area contributed by atoms with Crippen molar-refractivity contribution in [2.24, 2.45) is 0 Å². The van der Waals surface area contributed by atoms with Crippen molar-refractivity contribution < 1.29 is 5.11 Å². The van der Waals surface area contributed by atoms with E-state index < -0.39 is 0 Å². The molecule has 0 saturated carbocycles. The van der Waals surface area contributed by atoms with Gasteiger partial charge in [0.15, 0.2) is 0 Å². The lowest BCUT2D eigenvalue weighted by Gasteiger charge is -2.05. The molecule has 0 aliphatic heterocycles. The molecule has 1 rings (SSSR count). The summed E-state index contributed by atoms with van der Waals surface area (Å²) in [4.78, 5) is 1.02. The van der Waals surface area contributed by atoms with Crippen molar-refractivity contribution in [3.8, 4) is 5.75 Å². The molecule has 0 amide bonds. The molecule has 1 N–H and O–H groups in total. The molecular formula is C11H16OS. The summed E-state index contributed by atoms with van der Waals surface area (Å²) >= 11 is 1.73.